The van der Waals surface area contributed by atoms with Gasteiger partial charge in [0.1, 0.15) is 17.2 Å². The lowest BCUT2D eigenvalue weighted by molar-refractivity contribution is 0.101. The monoisotopic (exact) mass is 248 g/mol. The molecule has 0 aliphatic heterocycles. The van der Waals surface area contributed by atoms with Crippen molar-refractivity contribution in [2.24, 2.45) is 0 Å². The van der Waals surface area contributed by atoms with E-state index >= 15 is 0 Å². The maximum absolute atomic E-state index is 13.5. The van der Waals surface area contributed by atoms with Gasteiger partial charge in [-0.25, -0.2) is 8.78 Å². The van der Waals surface area contributed by atoms with Gasteiger partial charge in [0.15, 0.2) is 0 Å². The fourth-order valence-corrected chi connectivity index (χ4v) is 1.85. The van der Waals surface area contributed by atoms with E-state index in [0.29, 0.717) is 16.7 Å². The van der Waals surface area contributed by atoms with E-state index in [2.05, 4.69) is 0 Å². The van der Waals surface area contributed by atoms with Crippen LogP contribution in [0.4, 0.5) is 8.78 Å². The second kappa shape index (κ2) is 4.50. The molecule has 0 amide bonds. The van der Waals surface area contributed by atoms with E-state index < -0.39 is 11.4 Å². The highest BCUT2D eigenvalue weighted by Gasteiger charge is 2.26. The van der Waals surface area contributed by atoms with Gasteiger partial charge in [-0.2, -0.15) is 0 Å². The van der Waals surface area contributed by atoms with Crippen molar-refractivity contribution in [2.45, 2.75) is 19.4 Å². The van der Waals surface area contributed by atoms with Gasteiger partial charge in [-0.3, -0.25) is 0 Å². The van der Waals surface area contributed by atoms with Crippen LogP contribution in [0.15, 0.2) is 42.5 Å². The van der Waals surface area contributed by atoms with E-state index in [1.807, 2.05) is 0 Å². The smallest absolute Gasteiger partial charge is 0.126 e. The van der Waals surface area contributed by atoms with Crippen LogP contribution in [0.3, 0.4) is 0 Å². The van der Waals surface area contributed by atoms with Crippen LogP contribution in [-0.4, -0.2) is 5.11 Å². The zero-order valence-corrected chi connectivity index (χ0v) is 10.2. The molecular formula is C15H14F2O. The van der Waals surface area contributed by atoms with Crippen molar-refractivity contribution >= 4 is 0 Å². The fourth-order valence-electron chi connectivity index (χ4n) is 1.85. The highest BCUT2D eigenvalue weighted by molar-refractivity contribution is 5.37. The molecule has 0 saturated carbocycles. The molecule has 0 aliphatic carbocycles. The van der Waals surface area contributed by atoms with Crippen LogP contribution in [0.1, 0.15) is 23.6 Å². The van der Waals surface area contributed by atoms with Gasteiger partial charge in [0, 0.05) is 0 Å². The molecule has 1 N–H and O–H groups in total. The van der Waals surface area contributed by atoms with Crippen molar-refractivity contribution in [1.82, 2.24) is 0 Å². The molecule has 1 unspecified atom stereocenters. The van der Waals surface area contributed by atoms with Gasteiger partial charge in [-0.05, 0) is 48.7 Å². The van der Waals surface area contributed by atoms with Crippen LogP contribution in [0.2, 0.25) is 0 Å². The Morgan fingerprint density at radius 1 is 1.00 bits per heavy atom. The molecular weight excluding hydrogens is 234 g/mol. The third-order valence-corrected chi connectivity index (χ3v) is 3.12. The molecule has 2 aromatic carbocycles. The van der Waals surface area contributed by atoms with Crippen molar-refractivity contribution in [1.29, 1.82) is 0 Å². The topological polar surface area (TPSA) is 20.2 Å². The molecule has 0 radical (unpaired) electrons. The molecule has 0 aromatic heterocycles. The van der Waals surface area contributed by atoms with Crippen molar-refractivity contribution < 1.29 is 13.9 Å². The first-order chi connectivity index (χ1) is 8.41. The first kappa shape index (κ1) is 12.7. The normalized spacial score (nSPS) is 14.3. The summed E-state index contributed by atoms with van der Waals surface area (Å²) in [5, 5.41) is 10.5. The summed E-state index contributed by atoms with van der Waals surface area (Å²) in [6.07, 6.45) is 0. The second-order valence-corrected chi connectivity index (χ2v) is 4.55. The second-order valence-electron chi connectivity index (χ2n) is 4.55. The molecule has 2 rings (SSSR count). The summed E-state index contributed by atoms with van der Waals surface area (Å²) in [7, 11) is 0. The van der Waals surface area contributed by atoms with Crippen molar-refractivity contribution in [3.05, 3.63) is 70.8 Å². The minimum Gasteiger partial charge on any atom is -0.381 e. The SMILES string of the molecule is Cc1ccc(C(C)(O)c2cccc(F)c2)cc1F. The van der Waals surface area contributed by atoms with E-state index in [4.69, 9.17) is 0 Å². The van der Waals surface area contributed by atoms with Gasteiger partial charge in [-0.1, -0.05) is 24.3 Å². The predicted octanol–water partition coefficient (Wildman–Crippen LogP) is 3.53. The lowest BCUT2D eigenvalue weighted by Gasteiger charge is -2.24. The summed E-state index contributed by atoms with van der Waals surface area (Å²) in [6.45, 7) is 3.17. The van der Waals surface area contributed by atoms with E-state index in [-0.39, 0.29) is 5.82 Å². The number of halogens is 2. The minimum absolute atomic E-state index is 0.385. The van der Waals surface area contributed by atoms with Gasteiger partial charge >= 0.3 is 0 Å². The van der Waals surface area contributed by atoms with Crippen LogP contribution in [-0.2, 0) is 5.60 Å². The summed E-state index contributed by atoms with van der Waals surface area (Å²) in [6, 6.07) is 10.2. The Labute approximate surface area is 105 Å². The van der Waals surface area contributed by atoms with Crippen molar-refractivity contribution in [2.75, 3.05) is 0 Å². The zero-order chi connectivity index (χ0) is 13.3. The Morgan fingerprint density at radius 3 is 2.28 bits per heavy atom. The van der Waals surface area contributed by atoms with Gasteiger partial charge in [-0.15, -0.1) is 0 Å². The van der Waals surface area contributed by atoms with E-state index in [1.54, 1.807) is 25.1 Å². The Kier molecular flexibility index (Phi) is 3.18. The summed E-state index contributed by atoms with van der Waals surface area (Å²) in [4.78, 5) is 0. The third-order valence-electron chi connectivity index (χ3n) is 3.12. The maximum atomic E-state index is 13.5. The molecule has 0 saturated heterocycles. The molecule has 0 fully saturated rings. The highest BCUT2D eigenvalue weighted by Crippen LogP contribution is 2.30. The van der Waals surface area contributed by atoms with Gasteiger partial charge in [0.05, 0.1) is 0 Å². The number of aliphatic hydroxyl groups is 1. The van der Waals surface area contributed by atoms with Crippen LogP contribution in [0.5, 0.6) is 0 Å². The molecule has 0 aliphatic rings. The summed E-state index contributed by atoms with van der Waals surface area (Å²) >= 11 is 0. The van der Waals surface area contributed by atoms with E-state index in [1.165, 1.54) is 31.2 Å². The molecule has 1 nitrogen and oxygen atoms in total. The number of benzene rings is 2. The van der Waals surface area contributed by atoms with Crippen LogP contribution < -0.4 is 0 Å². The molecule has 0 bridgehead atoms. The quantitative estimate of drug-likeness (QED) is 0.862. The van der Waals surface area contributed by atoms with Crippen LogP contribution in [0.25, 0.3) is 0 Å². The van der Waals surface area contributed by atoms with Gasteiger partial charge in [0.2, 0.25) is 0 Å². The Balaban J connectivity index is 2.50. The molecule has 94 valence electrons. The summed E-state index contributed by atoms with van der Waals surface area (Å²) in [5.41, 5.74) is -0.118. The third kappa shape index (κ3) is 2.27. The predicted molar refractivity (Wildman–Crippen MR) is 66.2 cm³/mol. The Bertz CT molecular complexity index is 576. The molecule has 18 heavy (non-hydrogen) atoms. The molecule has 0 heterocycles. The average molecular weight is 248 g/mol. The molecule has 0 spiro atoms. The molecule has 2 aromatic rings. The molecule has 1 atom stereocenters. The minimum atomic E-state index is -1.42. The Morgan fingerprint density at radius 2 is 1.67 bits per heavy atom. The van der Waals surface area contributed by atoms with Crippen LogP contribution in [0, 0.1) is 18.6 Å². The maximum Gasteiger partial charge on any atom is 0.126 e. The molecule has 3 heteroatoms. The van der Waals surface area contributed by atoms with Gasteiger partial charge in [0.25, 0.3) is 0 Å². The van der Waals surface area contributed by atoms with E-state index in [9.17, 15) is 13.9 Å². The van der Waals surface area contributed by atoms with Gasteiger partial charge < -0.3 is 5.11 Å². The lowest BCUT2D eigenvalue weighted by Crippen LogP contribution is -2.23. The highest BCUT2D eigenvalue weighted by atomic mass is 19.1. The number of hydrogen-bond acceptors (Lipinski definition) is 1. The summed E-state index contributed by atoms with van der Waals surface area (Å²) in [5.74, 6) is -0.815. The fraction of sp³-hybridized carbons (Fsp3) is 0.200. The van der Waals surface area contributed by atoms with Crippen molar-refractivity contribution in [3.63, 3.8) is 0 Å². The number of rotatable bonds is 2. The summed E-state index contributed by atoms with van der Waals surface area (Å²) < 4.78 is 26.7. The lowest BCUT2D eigenvalue weighted by atomic mass is 9.88. The largest absolute Gasteiger partial charge is 0.381 e. The van der Waals surface area contributed by atoms with Crippen molar-refractivity contribution in [3.8, 4) is 0 Å². The van der Waals surface area contributed by atoms with E-state index in [0.717, 1.165) is 0 Å². The average Bonchev–Trinajstić information content (AvgIpc) is 2.32. The first-order valence-corrected chi connectivity index (χ1v) is 5.66. The standard InChI is InChI=1S/C15H14F2O/c1-10-6-7-12(9-14(10)17)15(2,18)11-4-3-5-13(16)8-11/h3-9,18H,1-2H3. The number of aryl methyl sites for hydroxylation is 1. The first-order valence-electron chi connectivity index (χ1n) is 5.66. The van der Waals surface area contributed by atoms with Crippen LogP contribution >= 0.6 is 0 Å². The zero-order valence-electron chi connectivity index (χ0n) is 10.2. The number of hydrogen-bond donors (Lipinski definition) is 1. The Hall–Kier alpha value is -1.74.